The number of benzene rings is 2. The SMILES string of the molecule is C[NH+](Cc1ccccc1)Cc1c(O)ccc2c3c(c(=O)oc12)CCC3. The smallest absolute Gasteiger partial charge is 0.339 e. The Morgan fingerprint density at radius 2 is 1.80 bits per heavy atom. The van der Waals surface area contributed by atoms with Gasteiger partial charge in [0.25, 0.3) is 0 Å². The first-order valence-corrected chi connectivity index (χ1v) is 8.78. The third-order valence-corrected chi connectivity index (χ3v) is 5.05. The summed E-state index contributed by atoms with van der Waals surface area (Å²) < 4.78 is 5.64. The summed E-state index contributed by atoms with van der Waals surface area (Å²) in [6, 6.07) is 13.9. The van der Waals surface area contributed by atoms with Crippen molar-refractivity contribution in [1.29, 1.82) is 0 Å². The Hall–Kier alpha value is -2.59. The predicted octanol–water partition coefficient (Wildman–Crippen LogP) is 2.20. The van der Waals surface area contributed by atoms with Crippen molar-refractivity contribution in [3.8, 4) is 5.75 Å². The predicted molar refractivity (Wildman–Crippen MR) is 96.9 cm³/mol. The highest BCUT2D eigenvalue weighted by Gasteiger charge is 2.23. The van der Waals surface area contributed by atoms with Gasteiger partial charge in [-0.3, -0.25) is 0 Å². The molecule has 0 bridgehead atoms. The van der Waals surface area contributed by atoms with Gasteiger partial charge in [-0.15, -0.1) is 0 Å². The molecule has 25 heavy (non-hydrogen) atoms. The zero-order valence-corrected chi connectivity index (χ0v) is 14.3. The number of phenols is 1. The fraction of sp³-hybridized carbons (Fsp3) is 0.286. The monoisotopic (exact) mass is 336 g/mol. The number of phenolic OH excluding ortho intramolecular Hbond substituents is 1. The minimum absolute atomic E-state index is 0.195. The molecule has 1 aliphatic rings. The summed E-state index contributed by atoms with van der Waals surface area (Å²) in [7, 11) is 2.08. The van der Waals surface area contributed by atoms with E-state index in [9.17, 15) is 9.90 Å². The molecule has 1 heterocycles. The van der Waals surface area contributed by atoms with E-state index in [-0.39, 0.29) is 11.4 Å². The summed E-state index contributed by atoms with van der Waals surface area (Å²) in [5.74, 6) is 0.195. The van der Waals surface area contributed by atoms with E-state index < -0.39 is 0 Å². The summed E-state index contributed by atoms with van der Waals surface area (Å²) >= 11 is 0. The van der Waals surface area contributed by atoms with Crippen LogP contribution in [-0.2, 0) is 25.9 Å². The van der Waals surface area contributed by atoms with Crippen LogP contribution in [0.3, 0.4) is 0 Å². The molecule has 2 N–H and O–H groups in total. The van der Waals surface area contributed by atoms with Gasteiger partial charge in [0.1, 0.15) is 18.8 Å². The molecule has 2 aromatic carbocycles. The number of rotatable bonds is 4. The normalized spacial score (nSPS) is 14.6. The van der Waals surface area contributed by atoms with Crippen LogP contribution in [0.4, 0.5) is 0 Å². The van der Waals surface area contributed by atoms with Crippen LogP contribution in [0.15, 0.2) is 51.7 Å². The Labute approximate surface area is 146 Å². The minimum Gasteiger partial charge on any atom is -0.507 e. The lowest BCUT2D eigenvalue weighted by molar-refractivity contribution is -0.907. The van der Waals surface area contributed by atoms with Crippen LogP contribution < -0.4 is 10.5 Å². The van der Waals surface area contributed by atoms with Gasteiger partial charge in [-0.1, -0.05) is 30.3 Å². The largest absolute Gasteiger partial charge is 0.507 e. The highest BCUT2D eigenvalue weighted by molar-refractivity contribution is 5.86. The maximum atomic E-state index is 12.3. The molecule has 0 amide bonds. The summed E-state index contributed by atoms with van der Waals surface area (Å²) in [6.07, 6.45) is 2.70. The number of nitrogens with one attached hydrogen (secondary N) is 1. The van der Waals surface area contributed by atoms with Crippen molar-refractivity contribution in [2.75, 3.05) is 7.05 Å². The van der Waals surface area contributed by atoms with Crippen molar-refractivity contribution < 1.29 is 14.4 Å². The highest BCUT2D eigenvalue weighted by Crippen LogP contribution is 2.32. The summed E-state index contributed by atoms with van der Waals surface area (Å²) in [4.78, 5) is 13.5. The van der Waals surface area contributed by atoms with Crippen molar-refractivity contribution in [3.05, 3.63) is 75.1 Å². The third kappa shape index (κ3) is 2.94. The van der Waals surface area contributed by atoms with Crippen LogP contribution in [0.25, 0.3) is 11.0 Å². The second-order valence-electron chi connectivity index (χ2n) is 6.94. The van der Waals surface area contributed by atoms with E-state index >= 15 is 0 Å². The standard InChI is InChI=1S/C21H21NO3/c1-22(12-14-6-3-2-4-7-14)13-18-19(23)11-10-16-15-8-5-9-17(15)21(24)25-20(16)18/h2-4,6-7,10-11,23H,5,8-9,12-13H2,1H3/p+1. The Bertz CT molecular complexity index is 976. The first kappa shape index (κ1) is 15.9. The first-order valence-electron chi connectivity index (χ1n) is 8.78. The number of fused-ring (bicyclic) bond motifs is 3. The fourth-order valence-corrected chi connectivity index (χ4v) is 3.87. The Morgan fingerprint density at radius 3 is 2.60 bits per heavy atom. The summed E-state index contributed by atoms with van der Waals surface area (Å²) in [5, 5.41) is 11.4. The van der Waals surface area contributed by atoms with E-state index in [0.717, 1.165) is 47.9 Å². The molecule has 3 aromatic rings. The van der Waals surface area contributed by atoms with Crippen molar-refractivity contribution in [2.24, 2.45) is 0 Å². The topological polar surface area (TPSA) is 54.9 Å². The van der Waals surface area contributed by atoms with Gasteiger partial charge in [0.05, 0.1) is 12.6 Å². The van der Waals surface area contributed by atoms with Crippen molar-refractivity contribution in [2.45, 2.75) is 32.4 Å². The van der Waals surface area contributed by atoms with E-state index in [1.54, 1.807) is 6.07 Å². The Balaban J connectivity index is 1.73. The number of aryl methyl sites for hydroxylation is 1. The highest BCUT2D eigenvalue weighted by atomic mass is 16.4. The molecule has 4 rings (SSSR count). The second-order valence-corrected chi connectivity index (χ2v) is 6.94. The van der Waals surface area contributed by atoms with Gasteiger partial charge in [0, 0.05) is 16.5 Å². The molecule has 0 saturated carbocycles. The lowest BCUT2D eigenvalue weighted by Crippen LogP contribution is -3.06. The van der Waals surface area contributed by atoms with E-state index in [1.807, 2.05) is 24.3 Å². The van der Waals surface area contributed by atoms with Crippen LogP contribution >= 0.6 is 0 Å². The molecule has 0 radical (unpaired) electrons. The quantitative estimate of drug-likeness (QED) is 0.718. The number of aromatic hydroxyl groups is 1. The fourth-order valence-electron chi connectivity index (χ4n) is 3.87. The molecule has 0 aliphatic heterocycles. The number of hydrogen-bond donors (Lipinski definition) is 2. The Kier molecular flexibility index (Phi) is 4.06. The average Bonchev–Trinajstić information content (AvgIpc) is 3.09. The molecule has 4 heteroatoms. The summed E-state index contributed by atoms with van der Waals surface area (Å²) in [6.45, 7) is 1.44. The average molecular weight is 336 g/mol. The first-order chi connectivity index (χ1) is 12.1. The Morgan fingerprint density at radius 1 is 1.04 bits per heavy atom. The van der Waals surface area contributed by atoms with Crippen LogP contribution in [-0.4, -0.2) is 12.2 Å². The summed E-state index contributed by atoms with van der Waals surface area (Å²) in [5.41, 5.74) is 4.19. The zero-order valence-electron chi connectivity index (χ0n) is 14.3. The van der Waals surface area contributed by atoms with Crippen LogP contribution in [0.5, 0.6) is 5.75 Å². The molecule has 1 unspecified atom stereocenters. The molecular weight excluding hydrogens is 314 g/mol. The van der Waals surface area contributed by atoms with Crippen molar-refractivity contribution in [3.63, 3.8) is 0 Å². The van der Waals surface area contributed by atoms with Gasteiger partial charge >= 0.3 is 5.63 Å². The molecule has 4 nitrogen and oxygen atoms in total. The van der Waals surface area contributed by atoms with Gasteiger partial charge in [0.15, 0.2) is 5.58 Å². The van der Waals surface area contributed by atoms with Crippen LogP contribution in [0.2, 0.25) is 0 Å². The third-order valence-electron chi connectivity index (χ3n) is 5.05. The maximum Gasteiger partial charge on any atom is 0.339 e. The molecule has 128 valence electrons. The van der Waals surface area contributed by atoms with Crippen molar-refractivity contribution >= 4 is 11.0 Å². The van der Waals surface area contributed by atoms with Crippen molar-refractivity contribution in [1.82, 2.24) is 0 Å². The van der Waals surface area contributed by atoms with Gasteiger partial charge in [-0.25, -0.2) is 4.79 Å². The maximum absolute atomic E-state index is 12.3. The molecular formula is C21H22NO3+. The number of hydrogen-bond acceptors (Lipinski definition) is 3. The van der Waals surface area contributed by atoms with E-state index in [2.05, 4.69) is 19.2 Å². The second kappa shape index (κ2) is 6.37. The van der Waals surface area contributed by atoms with Crippen LogP contribution in [0.1, 0.15) is 28.7 Å². The van der Waals surface area contributed by atoms with E-state index in [0.29, 0.717) is 12.1 Å². The lowest BCUT2D eigenvalue weighted by Gasteiger charge is -2.16. The van der Waals surface area contributed by atoms with Gasteiger partial charge < -0.3 is 14.4 Å². The van der Waals surface area contributed by atoms with Gasteiger partial charge in [0.2, 0.25) is 0 Å². The molecule has 0 spiro atoms. The molecule has 1 aromatic heterocycles. The molecule has 1 atom stereocenters. The van der Waals surface area contributed by atoms with Gasteiger partial charge in [-0.05, 0) is 37.0 Å². The zero-order chi connectivity index (χ0) is 17.4. The number of quaternary nitrogens is 1. The van der Waals surface area contributed by atoms with Gasteiger partial charge in [-0.2, -0.15) is 0 Å². The molecule has 0 fully saturated rings. The van der Waals surface area contributed by atoms with E-state index in [1.165, 1.54) is 10.5 Å². The van der Waals surface area contributed by atoms with E-state index in [4.69, 9.17) is 4.42 Å². The molecule has 1 aliphatic carbocycles. The minimum atomic E-state index is -0.243. The van der Waals surface area contributed by atoms with Crippen LogP contribution in [0, 0.1) is 0 Å². The molecule has 0 saturated heterocycles. The lowest BCUT2D eigenvalue weighted by atomic mass is 10.0.